The summed E-state index contributed by atoms with van der Waals surface area (Å²) in [6, 6.07) is 0. The smallest absolute Gasteiger partial charge is 0.332 e. The number of carbonyl (C=O) groups is 1. The maximum absolute atomic E-state index is 11.0. The lowest BCUT2D eigenvalue weighted by Gasteiger charge is -2.28. The van der Waals surface area contributed by atoms with Crippen LogP contribution in [-0.4, -0.2) is 64.4 Å². The molecule has 0 heterocycles. The molecule has 0 aromatic heterocycles. The van der Waals surface area contributed by atoms with E-state index in [2.05, 4.69) is 38.2 Å². The zero-order chi connectivity index (χ0) is 14.0. The molecule has 0 spiro atoms. The fourth-order valence-corrected chi connectivity index (χ4v) is 1.84. The molecule has 0 unspecified atom stereocenters. The fraction of sp³-hybridized carbons (Fsp3) is 0.923. The molecular weight excluding hydrogens is 232 g/mol. The van der Waals surface area contributed by atoms with Crippen LogP contribution in [0.4, 0.5) is 0 Å². The van der Waals surface area contributed by atoms with Gasteiger partial charge in [-0.2, -0.15) is 0 Å². The molecule has 0 rings (SSSR count). The molecule has 0 aliphatic rings. The summed E-state index contributed by atoms with van der Waals surface area (Å²) in [4.78, 5) is 13.2. The van der Waals surface area contributed by atoms with Gasteiger partial charge >= 0.3 is 5.97 Å². The molecule has 0 fully saturated rings. The van der Waals surface area contributed by atoms with E-state index in [0.717, 1.165) is 19.6 Å². The van der Waals surface area contributed by atoms with Gasteiger partial charge in [0.1, 0.15) is 6.61 Å². The number of carbonyl (C=O) groups excluding carboxylic acids is 1. The molecule has 108 valence electrons. The van der Waals surface area contributed by atoms with Gasteiger partial charge in [0.15, 0.2) is 0 Å². The molecule has 18 heavy (non-hydrogen) atoms. The molecule has 5 heteroatoms. The van der Waals surface area contributed by atoms with Gasteiger partial charge in [-0.15, -0.1) is 0 Å². The van der Waals surface area contributed by atoms with Crippen molar-refractivity contribution >= 4 is 5.97 Å². The summed E-state index contributed by atoms with van der Waals surface area (Å²) in [6.45, 7) is 9.89. The van der Waals surface area contributed by atoms with Gasteiger partial charge in [0.05, 0.1) is 13.2 Å². The Labute approximate surface area is 111 Å². The Morgan fingerprint density at radius 2 is 2.00 bits per heavy atom. The minimum atomic E-state index is -0.301. The van der Waals surface area contributed by atoms with Gasteiger partial charge in [0.25, 0.3) is 0 Å². The van der Waals surface area contributed by atoms with E-state index in [-0.39, 0.29) is 18.0 Å². The van der Waals surface area contributed by atoms with Crippen molar-refractivity contribution in [1.82, 2.24) is 10.2 Å². The van der Waals surface area contributed by atoms with E-state index >= 15 is 0 Å². The fourth-order valence-electron chi connectivity index (χ4n) is 1.84. The number of rotatable bonds is 10. The van der Waals surface area contributed by atoms with Crippen molar-refractivity contribution in [3.63, 3.8) is 0 Å². The number of hydrogen-bond donors (Lipinski definition) is 1. The first-order chi connectivity index (χ1) is 8.37. The molecule has 0 aromatic carbocycles. The average Bonchev–Trinajstić information content (AvgIpc) is 2.21. The monoisotopic (exact) mass is 260 g/mol. The van der Waals surface area contributed by atoms with Crippen LogP contribution in [0.1, 0.15) is 20.8 Å². The van der Waals surface area contributed by atoms with E-state index in [4.69, 9.17) is 9.47 Å². The van der Waals surface area contributed by atoms with Crippen LogP contribution in [0.2, 0.25) is 0 Å². The second-order valence-electron chi connectivity index (χ2n) is 5.44. The van der Waals surface area contributed by atoms with Crippen LogP contribution < -0.4 is 5.32 Å². The predicted molar refractivity (Wildman–Crippen MR) is 72.7 cm³/mol. The maximum atomic E-state index is 11.0. The summed E-state index contributed by atoms with van der Waals surface area (Å²) >= 11 is 0. The molecule has 0 aromatic rings. The van der Waals surface area contributed by atoms with Gasteiger partial charge in [-0.3, -0.25) is 0 Å². The molecule has 0 saturated heterocycles. The SMILES string of the molecule is CCOC(=O)COCCNCC(C)(C)CN(C)C. The van der Waals surface area contributed by atoms with Crippen molar-refractivity contribution in [3.8, 4) is 0 Å². The number of nitrogens with one attached hydrogen (secondary N) is 1. The molecule has 0 aliphatic carbocycles. The highest BCUT2D eigenvalue weighted by molar-refractivity contribution is 5.70. The van der Waals surface area contributed by atoms with Crippen molar-refractivity contribution in [2.75, 3.05) is 53.6 Å². The summed E-state index contributed by atoms with van der Waals surface area (Å²) in [5.74, 6) is -0.301. The van der Waals surface area contributed by atoms with E-state index in [0.29, 0.717) is 13.2 Å². The molecule has 0 amide bonds. The summed E-state index contributed by atoms with van der Waals surface area (Å²) < 4.78 is 9.95. The van der Waals surface area contributed by atoms with Gasteiger partial charge < -0.3 is 19.7 Å². The highest BCUT2D eigenvalue weighted by atomic mass is 16.6. The Bertz CT molecular complexity index is 230. The third-order valence-corrected chi connectivity index (χ3v) is 2.30. The Balaban J connectivity index is 3.47. The molecule has 0 atom stereocenters. The summed E-state index contributed by atoms with van der Waals surface area (Å²) in [5, 5.41) is 3.33. The minimum absolute atomic E-state index is 0.0383. The second-order valence-corrected chi connectivity index (χ2v) is 5.44. The first-order valence-electron chi connectivity index (χ1n) is 6.46. The highest BCUT2D eigenvalue weighted by Crippen LogP contribution is 2.13. The quantitative estimate of drug-likeness (QED) is 0.464. The van der Waals surface area contributed by atoms with Crippen LogP contribution in [-0.2, 0) is 14.3 Å². The molecule has 0 bridgehead atoms. The van der Waals surface area contributed by atoms with Crippen molar-refractivity contribution in [3.05, 3.63) is 0 Å². The standard InChI is InChI=1S/C13H28N2O3/c1-6-18-12(16)9-17-8-7-14-10-13(2,3)11-15(4)5/h14H,6-11H2,1-5H3. The zero-order valence-electron chi connectivity index (χ0n) is 12.4. The van der Waals surface area contributed by atoms with E-state index in [1.165, 1.54) is 0 Å². The molecule has 0 radical (unpaired) electrons. The zero-order valence-corrected chi connectivity index (χ0v) is 12.4. The van der Waals surface area contributed by atoms with Gasteiger partial charge in [0, 0.05) is 19.6 Å². The van der Waals surface area contributed by atoms with E-state index in [1.807, 2.05) is 0 Å². The largest absolute Gasteiger partial charge is 0.464 e. The molecule has 0 aliphatic heterocycles. The Hall–Kier alpha value is -0.650. The summed E-state index contributed by atoms with van der Waals surface area (Å²) in [5.41, 5.74) is 0.227. The second kappa shape index (κ2) is 9.30. The lowest BCUT2D eigenvalue weighted by molar-refractivity contribution is -0.148. The van der Waals surface area contributed by atoms with Crippen LogP contribution >= 0.6 is 0 Å². The molecular formula is C13H28N2O3. The lowest BCUT2D eigenvalue weighted by Crippen LogP contribution is -2.38. The van der Waals surface area contributed by atoms with Gasteiger partial charge in [-0.1, -0.05) is 13.8 Å². The van der Waals surface area contributed by atoms with E-state index in [1.54, 1.807) is 6.92 Å². The average molecular weight is 260 g/mol. The minimum Gasteiger partial charge on any atom is -0.464 e. The normalized spacial score (nSPS) is 11.9. The first kappa shape index (κ1) is 17.4. The Morgan fingerprint density at radius 1 is 1.33 bits per heavy atom. The Morgan fingerprint density at radius 3 is 2.56 bits per heavy atom. The summed E-state index contributed by atoms with van der Waals surface area (Å²) in [7, 11) is 4.15. The van der Waals surface area contributed by atoms with Crippen LogP contribution in [0.3, 0.4) is 0 Å². The van der Waals surface area contributed by atoms with Crippen LogP contribution in [0.5, 0.6) is 0 Å². The third-order valence-electron chi connectivity index (χ3n) is 2.30. The predicted octanol–water partition coefficient (Wildman–Crippen LogP) is 0.744. The van der Waals surface area contributed by atoms with Crippen molar-refractivity contribution in [2.24, 2.45) is 5.41 Å². The topological polar surface area (TPSA) is 50.8 Å². The van der Waals surface area contributed by atoms with Crippen molar-refractivity contribution in [2.45, 2.75) is 20.8 Å². The number of nitrogens with zero attached hydrogens (tertiary/aromatic N) is 1. The molecule has 5 nitrogen and oxygen atoms in total. The van der Waals surface area contributed by atoms with Crippen LogP contribution in [0, 0.1) is 5.41 Å². The number of hydrogen-bond acceptors (Lipinski definition) is 5. The van der Waals surface area contributed by atoms with Crippen LogP contribution in [0.25, 0.3) is 0 Å². The lowest BCUT2D eigenvalue weighted by atomic mass is 9.93. The Kier molecular flexibility index (Phi) is 8.97. The van der Waals surface area contributed by atoms with Crippen molar-refractivity contribution < 1.29 is 14.3 Å². The third kappa shape index (κ3) is 10.5. The number of ether oxygens (including phenoxy) is 2. The van der Waals surface area contributed by atoms with E-state index in [9.17, 15) is 4.79 Å². The molecule has 1 N–H and O–H groups in total. The summed E-state index contributed by atoms with van der Waals surface area (Å²) in [6.07, 6.45) is 0. The van der Waals surface area contributed by atoms with Crippen molar-refractivity contribution in [1.29, 1.82) is 0 Å². The van der Waals surface area contributed by atoms with Gasteiger partial charge in [-0.25, -0.2) is 4.79 Å². The van der Waals surface area contributed by atoms with Gasteiger partial charge in [-0.05, 0) is 26.4 Å². The van der Waals surface area contributed by atoms with Gasteiger partial charge in [0.2, 0.25) is 0 Å². The van der Waals surface area contributed by atoms with E-state index < -0.39 is 0 Å². The maximum Gasteiger partial charge on any atom is 0.332 e. The first-order valence-corrected chi connectivity index (χ1v) is 6.46. The number of esters is 1. The van der Waals surface area contributed by atoms with Crippen LogP contribution in [0.15, 0.2) is 0 Å². The molecule has 0 saturated carbocycles. The highest BCUT2D eigenvalue weighted by Gasteiger charge is 2.17.